The van der Waals surface area contributed by atoms with E-state index in [9.17, 15) is 14.4 Å². The Bertz CT molecular complexity index is 484. The lowest BCUT2D eigenvalue weighted by Gasteiger charge is -2.13. The van der Waals surface area contributed by atoms with E-state index in [1.54, 1.807) is 19.3 Å². The third-order valence-corrected chi connectivity index (χ3v) is 2.24. The molecule has 3 amide bonds. The van der Waals surface area contributed by atoms with Crippen LogP contribution < -0.4 is 16.4 Å². The highest BCUT2D eigenvalue weighted by atomic mass is 16.4. The van der Waals surface area contributed by atoms with E-state index < -0.39 is 23.9 Å². The Balaban J connectivity index is 2.51. The number of nitrogens with one attached hydrogen (secondary N) is 2. The second kappa shape index (κ2) is 6.38. The number of carbonyl (C=O) groups excluding carboxylic acids is 2. The van der Waals surface area contributed by atoms with Gasteiger partial charge in [0.05, 0.1) is 0 Å². The number of nitrogens with zero attached hydrogens (tertiary/aromatic N) is 2. The van der Waals surface area contributed by atoms with E-state index in [0.717, 1.165) is 0 Å². The first kappa shape index (κ1) is 14.5. The summed E-state index contributed by atoms with van der Waals surface area (Å²) in [7, 11) is 1.68. The molecule has 0 aliphatic carbocycles. The molecule has 1 aromatic heterocycles. The van der Waals surface area contributed by atoms with E-state index in [0.29, 0.717) is 5.82 Å². The third-order valence-electron chi connectivity index (χ3n) is 2.24. The zero-order valence-electron chi connectivity index (χ0n) is 10.3. The maximum Gasteiger partial charge on any atom is 0.326 e. The van der Waals surface area contributed by atoms with Crippen LogP contribution in [0.25, 0.3) is 0 Å². The van der Waals surface area contributed by atoms with E-state index >= 15 is 0 Å². The maximum absolute atomic E-state index is 11.5. The highest BCUT2D eigenvalue weighted by Gasteiger charge is 2.20. The van der Waals surface area contributed by atoms with Crippen LogP contribution in [-0.2, 0) is 16.6 Å². The summed E-state index contributed by atoms with van der Waals surface area (Å²) in [6.07, 6.45) is 1.43. The number of aliphatic carboxylic acids is 1. The fraction of sp³-hybridized carbons (Fsp3) is 0.400. The minimum atomic E-state index is -1.24. The number of hydrogen-bond donors (Lipinski definition) is 4. The summed E-state index contributed by atoms with van der Waals surface area (Å²) in [6, 6.07) is -0.342. The summed E-state index contributed by atoms with van der Waals surface area (Å²) < 4.78 is 1.48. The van der Waals surface area contributed by atoms with Crippen molar-refractivity contribution in [3.8, 4) is 0 Å². The standard InChI is InChI=1S/C10H15N5O4/c1-15-5-4-8(14-15)13-10(19)12-6(9(17)18)2-3-7(11)16/h4-6H,2-3H2,1H3,(H2,11,16)(H,17,18)(H2,12,13,14,19). The molecule has 1 aromatic rings. The second-order valence-corrected chi connectivity index (χ2v) is 3.87. The van der Waals surface area contributed by atoms with Gasteiger partial charge in [-0.25, -0.2) is 9.59 Å². The molecule has 0 aliphatic heterocycles. The van der Waals surface area contributed by atoms with Crippen molar-refractivity contribution < 1.29 is 19.5 Å². The number of carbonyl (C=O) groups is 3. The van der Waals surface area contributed by atoms with Gasteiger partial charge < -0.3 is 16.2 Å². The lowest BCUT2D eigenvalue weighted by molar-refractivity contribution is -0.139. The molecule has 1 rings (SSSR count). The molecule has 19 heavy (non-hydrogen) atoms. The van der Waals surface area contributed by atoms with Crippen molar-refractivity contribution in [3.63, 3.8) is 0 Å². The molecule has 0 saturated heterocycles. The number of nitrogens with two attached hydrogens (primary N) is 1. The maximum atomic E-state index is 11.5. The van der Waals surface area contributed by atoms with Crippen LogP contribution in [0.3, 0.4) is 0 Å². The molecule has 0 fully saturated rings. The molecule has 0 spiro atoms. The second-order valence-electron chi connectivity index (χ2n) is 3.87. The number of urea groups is 1. The number of amides is 3. The fourth-order valence-corrected chi connectivity index (χ4v) is 1.34. The third kappa shape index (κ3) is 5.06. The van der Waals surface area contributed by atoms with Gasteiger partial charge in [0.1, 0.15) is 6.04 Å². The van der Waals surface area contributed by atoms with Gasteiger partial charge in [0.25, 0.3) is 0 Å². The van der Waals surface area contributed by atoms with Crippen molar-refractivity contribution in [2.24, 2.45) is 12.8 Å². The first-order valence-electron chi connectivity index (χ1n) is 5.46. The van der Waals surface area contributed by atoms with Gasteiger partial charge in [-0.2, -0.15) is 5.10 Å². The van der Waals surface area contributed by atoms with Gasteiger partial charge in [-0.3, -0.25) is 14.8 Å². The van der Waals surface area contributed by atoms with Crippen molar-refractivity contribution in [1.29, 1.82) is 0 Å². The lowest BCUT2D eigenvalue weighted by Crippen LogP contribution is -2.43. The summed E-state index contributed by atoms with van der Waals surface area (Å²) in [5.41, 5.74) is 4.93. The number of carboxylic acid groups (broad SMARTS) is 1. The SMILES string of the molecule is Cn1ccc(NC(=O)NC(CCC(N)=O)C(=O)O)n1. The Morgan fingerprint density at radius 2 is 2.21 bits per heavy atom. The molecule has 104 valence electrons. The van der Waals surface area contributed by atoms with Gasteiger partial charge >= 0.3 is 12.0 Å². The number of primary amides is 1. The van der Waals surface area contributed by atoms with Crippen LogP contribution in [0.15, 0.2) is 12.3 Å². The van der Waals surface area contributed by atoms with E-state index in [4.69, 9.17) is 10.8 Å². The molecule has 0 aliphatic rings. The summed E-state index contributed by atoms with van der Waals surface area (Å²) in [6.45, 7) is 0. The molecule has 1 atom stereocenters. The molecule has 0 radical (unpaired) electrons. The number of aromatic nitrogens is 2. The van der Waals surface area contributed by atoms with Crippen molar-refractivity contribution >= 4 is 23.7 Å². The van der Waals surface area contributed by atoms with E-state index in [-0.39, 0.29) is 12.8 Å². The quantitative estimate of drug-likeness (QED) is 0.538. The van der Waals surface area contributed by atoms with Crippen LogP contribution >= 0.6 is 0 Å². The molecule has 0 bridgehead atoms. The molecule has 9 nitrogen and oxygen atoms in total. The first-order valence-corrected chi connectivity index (χ1v) is 5.46. The molecule has 0 aromatic carbocycles. The number of hydrogen-bond acceptors (Lipinski definition) is 4. The van der Waals surface area contributed by atoms with Crippen LogP contribution in [0.2, 0.25) is 0 Å². The van der Waals surface area contributed by atoms with Crippen LogP contribution in [0.4, 0.5) is 10.6 Å². The van der Waals surface area contributed by atoms with Crippen LogP contribution in [-0.4, -0.2) is 38.8 Å². The predicted octanol–water partition coefficient (Wildman–Crippen LogP) is -0.740. The van der Waals surface area contributed by atoms with Crippen LogP contribution in [0.5, 0.6) is 0 Å². The monoisotopic (exact) mass is 269 g/mol. The van der Waals surface area contributed by atoms with Gasteiger partial charge in [-0.05, 0) is 6.42 Å². The Morgan fingerprint density at radius 1 is 1.53 bits per heavy atom. The molecular formula is C10H15N5O4. The zero-order valence-corrected chi connectivity index (χ0v) is 10.3. The Morgan fingerprint density at radius 3 is 2.68 bits per heavy atom. The zero-order chi connectivity index (χ0) is 14.4. The molecular weight excluding hydrogens is 254 g/mol. The highest BCUT2D eigenvalue weighted by molar-refractivity contribution is 5.91. The summed E-state index contributed by atoms with van der Waals surface area (Å²) in [5.74, 6) is -1.57. The van der Waals surface area contributed by atoms with E-state index in [1.165, 1.54) is 4.68 Å². The molecule has 1 heterocycles. The average Bonchev–Trinajstić information content (AvgIpc) is 2.69. The van der Waals surface area contributed by atoms with Crippen LogP contribution in [0.1, 0.15) is 12.8 Å². The van der Waals surface area contributed by atoms with Crippen LogP contribution in [0, 0.1) is 0 Å². The normalized spacial score (nSPS) is 11.6. The number of carboxylic acids is 1. The van der Waals surface area contributed by atoms with E-state index in [2.05, 4.69) is 15.7 Å². The fourth-order valence-electron chi connectivity index (χ4n) is 1.34. The Kier molecular flexibility index (Phi) is 4.86. The predicted molar refractivity (Wildman–Crippen MR) is 65.2 cm³/mol. The Labute approximate surface area is 108 Å². The van der Waals surface area contributed by atoms with Crippen molar-refractivity contribution in [2.75, 3.05) is 5.32 Å². The largest absolute Gasteiger partial charge is 0.480 e. The molecule has 5 N–H and O–H groups in total. The lowest BCUT2D eigenvalue weighted by atomic mass is 10.1. The van der Waals surface area contributed by atoms with Gasteiger partial charge in [-0.1, -0.05) is 0 Å². The number of aryl methyl sites for hydroxylation is 1. The minimum absolute atomic E-state index is 0.0691. The minimum Gasteiger partial charge on any atom is -0.480 e. The van der Waals surface area contributed by atoms with Crippen molar-refractivity contribution in [2.45, 2.75) is 18.9 Å². The van der Waals surface area contributed by atoms with Gasteiger partial charge in [0, 0.05) is 25.7 Å². The number of rotatable bonds is 6. The van der Waals surface area contributed by atoms with Gasteiger partial charge in [0.2, 0.25) is 5.91 Å². The molecule has 0 saturated carbocycles. The first-order chi connectivity index (χ1) is 8.88. The highest BCUT2D eigenvalue weighted by Crippen LogP contribution is 2.02. The molecule has 9 heteroatoms. The van der Waals surface area contributed by atoms with E-state index in [1.807, 2.05) is 0 Å². The topological polar surface area (TPSA) is 139 Å². The summed E-state index contributed by atoms with van der Waals surface area (Å²) >= 11 is 0. The smallest absolute Gasteiger partial charge is 0.326 e. The van der Waals surface area contributed by atoms with Crippen molar-refractivity contribution in [3.05, 3.63) is 12.3 Å². The summed E-state index contributed by atoms with van der Waals surface area (Å²) in [4.78, 5) is 33.0. The number of anilines is 1. The Hall–Kier alpha value is -2.58. The summed E-state index contributed by atoms with van der Waals surface area (Å²) in [5, 5.41) is 17.4. The van der Waals surface area contributed by atoms with Crippen molar-refractivity contribution in [1.82, 2.24) is 15.1 Å². The van der Waals surface area contributed by atoms with Gasteiger partial charge in [-0.15, -0.1) is 0 Å². The molecule has 1 unspecified atom stereocenters. The van der Waals surface area contributed by atoms with Gasteiger partial charge in [0.15, 0.2) is 5.82 Å². The average molecular weight is 269 g/mol.